The summed E-state index contributed by atoms with van der Waals surface area (Å²) in [5, 5.41) is 0. The Morgan fingerprint density at radius 2 is 1.71 bits per heavy atom. The van der Waals surface area contributed by atoms with Gasteiger partial charge >= 0.3 is 6.09 Å². The third kappa shape index (κ3) is 5.75. The van der Waals surface area contributed by atoms with Gasteiger partial charge in [-0.3, -0.25) is 9.10 Å². The number of ether oxygens (including phenoxy) is 2. The molecule has 0 atom stereocenters. The highest BCUT2D eigenvalue weighted by atomic mass is 32.2. The Morgan fingerprint density at radius 3 is 2.29 bits per heavy atom. The maximum Gasteiger partial charge on any atom is 0.409 e. The largest absolute Gasteiger partial charge is 0.494 e. The maximum absolute atomic E-state index is 12.7. The highest BCUT2D eigenvalue weighted by molar-refractivity contribution is 7.92. The zero-order chi connectivity index (χ0) is 20.7. The first kappa shape index (κ1) is 21.8. The smallest absolute Gasteiger partial charge is 0.409 e. The third-order valence-corrected chi connectivity index (χ3v) is 5.39. The number of carbonyl (C=O) groups is 2. The molecule has 1 heterocycles. The number of hydrogen-bond acceptors (Lipinski definition) is 6. The molecule has 0 unspecified atom stereocenters. The highest BCUT2D eigenvalue weighted by Crippen LogP contribution is 2.23. The summed E-state index contributed by atoms with van der Waals surface area (Å²) in [6.45, 7) is 5.36. The van der Waals surface area contributed by atoms with Gasteiger partial charge in [0.25, 0.3) is 0 Å². The van der Waals surface area contributed by atoms with Crippen LogP contribution in [0, 0.1) is 0 Å². The zero-order valence-electron chi connectivity index (χ0n) is 16.5. The van der Waals surface area contributed by atoms with Gasteiger partial charge in [0, 0.05) is 32.2 Å². The Balaban J connectivity index is 2.07. The molecule has 9 nitrogen and oxygen atoms in total. The average Bonchev–Trinajstić information content (AvgIpc) is 2.66. The van der Waals surface area contributed by atoms with Gasteiger partial charge in [0.2, 0.25) is 15.9 Å². The van der Waals surface area contributed by atoms with Crippen molar-refractivity contribution in [1.82, 2.24) is 9.80 Å². The van der Waals surface area contributed by atoms with Crippen LogP contribution in [0.15, 0.2) is 24.3 Å². The molecule has 1 aromatic carbocycles. The van der Waals surface area contributed by atoms with E-state index >= 15 is 0 Å². The van der Waals surface area contributed by atoms with Gasteiger partial charge in [-0.05, 0) is 26.0 Å². The van der Waals surface area contributed by atoms with Gasteiger partial charge in [0.15, 0.2) is 0 Å². The molecule has 2 amide bonds. The van der Waals surface area contributed by atoms with E-state index in [1.54, 1.807) is 36.1 Å². The van der Waals surface area contributed by atoms with Gasteiger partial charge in [-0.2, -0.15) is 0 Å². The van der Waals surface area contributed by atoms with Crippen LogP contribution in [0.2, 0.25) is 0 Å². The van der Waals surface area contributed by atoms with E-state index in [0.29, 0.717) is 50.8 Å². The minimum Gasteiger partial charge on any atom is -0.494 e. The van der Waals surface area contributed by atoms with E-state index in [1.165, 1.54) is 4.90 Å². The summed E-state index contributed by atoms with van der Waals surface area (Å²) in [5.41, 5.74) is 0.368. The Bertz CT molecular complexity index is 790. The predicted octanol–water partition coefficient (Wildman–Crippen LogP) is 1.15. The summed E-state index contributed by atoms with van der Waals surface area (Å²) >= 11 is 0. The van der Waals surface area contributed by atoms with Crippen LogP contribution >= 0.6 is 0 Å². The van der Waals surface area contributed by atoms with Crippen LogP contribution in [0.5, 0.6) is 5.75 Å². The van der Waals surface area contributed by atoms with E-state index in [9.17, 15) is 18.0 Å². The summed E-state index contributed by atoms with van der Waals surface area (Å²) in [4.78, 5) is 27.5. The Morgan fingerprint density at radius 1 is 1.07 bits per heavy atom. The van der Waals surface area contributed by atoms with Crippen molar-refractivity contribution in [3.8, 4) is 5.75 Å². The van der Waals surface area contributed by atoms with E-state index in [2.05, 4.69) is 0 Å². The fourth-order valence-corrected chi connectivity index (χ4v) is 3.71. The molecule has 0 bridgehead atoms. The number of carbonyl (C=O) groups excluding carboxylic acids is 2. The second kappa shape index (κ2) is 9.63. The van der Waals surface area contributed by atoms with Gasteiger partial charge in [0.1, 0.15) is 12.3 Å². The van der Waals surface area contributed by atoms with Crippen LogP contribution in [0.4, 0.5) is 10.5 Å². The van der Waals surface area contributed by atoms with Crippen molar-refractivity contribution in [2.75, 3.05) is 56.5 Å². The van der Waals surface area contributed by atoms with Crippen LogP contribution in [-0.4, -0.2) is 82.4 Å². The molecule has 1 fully saturated rings. The minimum atomic E-state index is -3.67. The molecule has 1 aliphatic heterocycles. The first-order valence-electron chi connectivity index (χ1n) is 9.16. The fourth-order valence-electron chi connectivity index (χ4n) is 2.87. The number of nitrogens with zero attached hydrogens (tertiary/aromatic N) is 3. The van der Waals surface area contributed by atoms with E-state index < -0.39 is 16.1 Å². The second-order valence-electron chi connectivity index (χ2n) is 6.27. The van der Waals surface area contributed by atoms with Gasteiger partial charge in [0.05, 0.1) is 25.2 Å². The lowest BCUT2D eigenvalue weighted by Crippen LogP contribution is -2.53. The average molecular weight is 413 g/mol. The molecule has 0 saturated carbocycles. The second-order valence-corrected chi connectivity index (χ2v) is 8.17. The highest BCUT2D eigenvalue weighted by Gasteiger charge is 2.28. The van der Waals surface area contributed by atoms with Crippen LogP contribution < -0.4 is 9.04 Å². The molecule has 1 aliphatic rings. The van der Waals surface area contributed by atoms with Gasteiger partial charge in [-0.15, -0.1) is 0 Å². The number of piperazine rings is 1. The topological polar surface area (TPSA) is 96.5 Å². The van der Waals surface area contributed by atoms with Crippen LogP contribution in [0.1, 0.15) is 13.8 Å². The Kier molecular flexibility index (Phi) is 7.50. The Hall–Kier alpha value is -2.49. The number of hydrogen-bond donors (Lipinski definition) is 0. The van der Waals surface area contributed by atoms with Crippen molar-refractivity contribution >= 4 is 27.7 Å². The summed E-state index contributed by atoms with van der Waals surface area (Å²) in [6.07, 6.45) is 0.659. The van der Waals surface area contributed by atoms with E-state index in [4.69, 9.17) is 9.47 Å². The molecule has 156 valence electrons. The van der Waals surface area contributed by atoms with Crippen molar-refractivity contribution in [1.29, 1.82) is 0 Å². The number of rotatable bonds is 7. The molecule has 0 radical (unpaired) electrons. The summed E-state index contributed by atoms with van der Waals surface area (Å²) in [5.74, 6) is 0.208. The molecule has 0 N–H and O–H groups in total. The van der Waals surface area contributed by atoms with E-state index in [-0.39, 0.29) is 12.5 Å². The van der Waals surface area contributed by atoms with Crippen molar-refractivity contribution in [2.24, 2.45) is 0 Å². The SMILES string of the molecule is CCOC(=O)N1CCN(C(=O)CN(c2cccc(OCC)c2)S(C)(=O)=O)CC1. The lowest BCUT2D eigenvalue weighted by Gasteiger charge is -2.35. The minimum absolute atomic E-state index is 0.294. The molecule has 1 aromatic rings. The van der Waals surface area contributed by atoms with Crippen LogP contribution in [0.3, 0.4) is 0 Å². The first-order chi connectivity index (χ1) is 13.3. The van der Waals surface area contributed by atoms with E-state index in [0.717, 1.165) is 10.6 Å². The van der Waals surface area contributed by atoms with Crippen molar-refractivity contribution in [3.63, 3.8) is 0 Å². The molecule has 1 saturated heterocycles. The van der Waals surface area contributed by atoms with Crippen molar-refractivity contribution in [3.05, 3.63) is 24.3 Å². The number of anilines is 1. The van der Waals surface area contributed by atoms with Crippen LogP contribution in [0.25, 0.3) is 0 Å². The molecule has 0 aliphatic carbocycles. The zero-order valence-corrected chi connectivity index (χ0v) is 17.3. The third-order valence-electron chi connectivity index (χ3n) is 4.25. The molecule has 2 rings (SSSR count). The first-order valence-corrected chi connectivity index (χ1v) is 11.0. The van der Waals surface area contributed by atoms with E-state index in [1.807, 2.05) is 6.92 Å². The molecular formula is C18H27N3O6S. The standard InChI is InChI=1S/C18H27N3O6S/c1-4-26-16-8-6-7-15(13-16)21(28(3,24)25)14-17(22)19-9-11-20(12-10-19)18(23)27-5-2/h6-8,13H,4-5,9-12,14H2,1-3H3. The molecular weight excluding hydrogens is 386 g/mol. The summed E-state index contributed by atoms with van der Waals surface area (Å²) in [7, 11) is -3.67. The van der Waals surface area contributed by atoms with Crippen LogP contribution in [-0.2, 0) is 19.6 Å². The normalized spacial score (nSPS) is 14.5. The lowest BCUT2D eigenvalue weighted by atomic mass is 10.3. The van der Waals surface area contributed by atoms with Gasteiger partial charge < -0.3 is 19.3 Å². The number of benzene rings is 1. The maximum atomic E-state index is 12.7. The predicted molar refractivity (Wildman–Crippen MR) is 105 cm³/mol. The number of amides is 2. The monoisotopic (exact) mass is 413 g/mol. The molecule has 10 heteroatoms. The summed E-state index contributed by atoms with van der Waals surface area (Å²) in [6, 6.07) is 6.62. The number of sulfonamides is 1. The van der Waals surface area contributed by atoms with Crippen molar-refractivity contribution < 1.29 is 27.5 Å². The van der Waals surface area contributed by atoms with Crippen molar-refractivity contribution in [2.45, 2.75) is 13.8 Å². The molecule has 0 spiro atoms. The molecule has 0 aromatic heterocycles. The Labute approximate surface area is 165 Å². The molecule has 28 heavy (non-hydrogen) atoms. The van der Waals surface area contributed by atoms with Gasteiger partial charge in [-0.25, -0.2) is 13.2 Å². The quantitative estimate of drug-likeness (QED) is 0.665. The lowest BCUT2D eigenvalue weighted by molar-refractivity contribution is -0.131. The summed E-state index contributed by atoms with van der Waals surface area (Å²) < 4.78 is 36.0. The fraction of sp³-hybridized carbons (Fsp3) is 0.556. The van der Waals surface area contributed by atoms with Gasteiger partial charge in [-0.1, -0.05) is 6.07 Å².